The van der Waals surface area contributed by atoms with Gasteiger partial charge in [-0.2, -0.15) is 8.78 Å². The average molecular weight is 883 g/mol. The first-order valence-corrected chi connectivity index (χ1v) is 22.2. The lowest BCUT2D eigenvalue weighted by atomic mass is 9.85. The smallest absolute Gasteiger partial charge is 0.408 e. The number of sulfonamides is 1. The van der Waals surface area contributed by atoms with Gasteiger partial charge in [-0.05, 0) is 76.3 Å². The van der Waals surface area contributed by atoms with Crippen LogP contribution in [0.4, 0.5) is 22.4 Å². The van der Waals surface area contributed by atoms with E-state index in [0.717, 1.165) is 4.90 Å². The summed E-state index contributed by atoms with van der Waals surface area (Å²) < 4.78 is 106. The second kappa shape index (κ2) is 15.4. The molecule has 1 aromatic carbocycles. The molecular formula is C41H54F4N6O9S. The van der Waals surface area contributed by atoms with Crippen molar-refractivity contribution in [3.63, 3.8) is 0 Å². The van der Waals surface area contributed by atoms with E-state index in [1.54, 1.807) is 40.7 Å². The first kappa shape index (κ1) is 44.6. The highest BCUT2D eigenvalue weighted by Crippen LogP contribution is 2.51. The number of methoxy groups -OCH3 is 1. The van der Waals surface area contributed by atoms with E-state index in [4.69, 9.17) is 14.2 Å². The molecule has 0 radical (unpaired) electrons. The van der Waals surface area contributed by atoms with E-state index in [1.165, 1.54) is 26.2 Å². The fourth-order valence-corrected chi connectivity index (χ4v) is 10.1. The first-order valence-electron chi connectivity index (χ1n) is 20.8. The maximum Gasteiger partial charge on any atom is 0.408 e. The zero-order chi connectivity index (χ0) is 44.7. The van der Waals surface area contributed by atoms with Crippen molar-refractivity contribution in [1.82, 2.24) is 30.2 Å². The highest BCUT2D eigenvalue weighted by molar-refractivity contribution is 7.91. The fourth-order valence-electron chi connectivity index (χ4n) is 8.78. The van der Waals surface area contributed by atoms with E-state index in [1.807, 2.05) is 4.72 Å². The number of nitrogens with zero attached hydrogens (tertiary/aromatic N) is 3. The standard InChI is InChI=1S/C41H54F4N6O9S/c1-8-23-27-20-51(28(23)32(52)49-40(19-24(40)31(42)43)35(54)50-61(56,57)38(5)15-16-38)34(53)30(37(2,3)4)48-36(55)60-39(6)18-21(39)11-9-10-14-41(44,45)29-33(59-27)47-26-17-22(58-7)12-13-25(26)46-29/h12-13,17,21,23-24,27-28,30-31H,8-11,14-16,18-20H2,1-7H3,(H,48,55)(H,49,52)(H,50,54)/t21-,23+,24?,27-,28-,30+,39-,40+/m0/s1. The molecule has 0 spiro atoms. The minimum Gasteiger partial charge on any atom is -0.497 e. The number of alkyl carbamates (subject to hydrolysis) is 1. The predicted molar refractivity (Wildman–Crippen MR) is 211 cm³/mol. The summed E-state index contributed by atoms with van der Waals surface area (Å²) in [7, 11) is -2.90. The highest BCUT2D eigenvalue weighted by atomic mass is 32.2. The van der Waals surface area contributed by atoms with Gasteiger partial charge in [0, 0.05) is 24.3 Å². The van der Waals surface area contributed by atoms with Crippen molar-refractivity contribution in [2.45, 2.75) is 146 Å². The second-order valence-corrected chi connectivity index (χ2v) is 21.1. The molecule has 336 valence electrons. The number of alkyl halides is 4. The SMILES string of the molecule is CC[C@@H]1[C@@H]2CN(C(=O)[C@H](C(C)(C)C)NC(=O)O[C@@]3(C)C[C@@H]3CCCCC(F)(F)c3nc4ccc(OC)cc4nc3O2)[C@@H]1C(=O)N[C@]1(C(=O)NS(=O)(=O)C2(C)CC2)CC1C(F)F. The molecule has 5 aliphatic rings. The molecule has 15 nitrogen and oxygen atoms in total. The molecular weight excluding hydrogens is 829 g/mol. The number of amides is 4. The number of carbonyl (C=O) groups is 4. The Balaban J connectivity index is 1.31. The van der Waals surface area contributed by atoms with Crippen LogP contribution in [0.3, 0.4) is 0 Å². The van der Waals surface area contributed by atoms with Gasteiger partial charge in [0.05, 0.1) is 35.4 Å². The minimum absolute atomic E-state index is 0.0483. The van der Waals surface area contributed by atoms with Crippen LogP contribution >= 0.6 is 0 Å². The van der Waals surface area contributed by atoms with E-state index in [2.05, 4.69) is 20.6 Å². The van der Waals surface area contributed by atoms with Crippen molar-refractivity contribution in [3.05, 3.63) is 23.9 Å². The number of aromatic nitrogens is 2. The number of rotatable bonds is 8. The summed E-state index contributed by atoms with van der Waals surface area (Å²) >= 11 is 0. The summed E-state index contributed by atoms with van der Waals surface area (Å²) in [6, 6.07) is 1.57. The van der Waals surface area contributed by atoms with Gasteiger partial charge >= 0.3 is 6.09 Å². The molecule has 20 heteroatoms. The van der Waals surface area contributed by atoms with Gasteiger partial charge in [-0.15, -0.1) is 0 Å². The summed E-state index contributed by atoms with van der Waals surface area (Å²) in [5.41, 5.74) is -4.76. The molecule has 7 rings (SSSR count). The zero-order valence-corrected chi connectivity index (χ0v) is 36.1. The Kier molecular flexibility index (Phi) is 11.2. The molecule has 1 unspecified atom stereocenters. The van der Waals surface area contributed by atoms with Crippen LogP contribution in [-0.4, -0.2) is 101 Å². The molecule has 8 atom stereocenters. The molecule has 3 N–H and O–H groups in total. The Bertz CT molecular complexity index is 2220. The Labute approximate surface area is 351 Å². The number of carbonyl (C=O) groups excluding carboxylic acids is 4. The molecule has 3 aliphatic carbocycles. The Hall–Kier alpha value is -4.49. The normalized spacial score (nSPS) is 32.2. The number of fused-ring (bicyclic) bond motifs is 5. The van der Waals surface area contributed by atoms with Crippen LogP contribution in [0.2, 0.25) is 0 Å². The van der Waals surface area contributed by atoms with Crippen LogP contribution in [-0.2, 0) is 35.1 Å². The van der Waals surface area contributed by atoms with Crippen LogP contribution in [0.5, 0.6) is 11.6 Å². The zero-order valence-electron chi connectivity index (χ0n) is 35.3. The number of hydrogen-bond donors (Lipinski definition) is 3. The molecule has 4 amide bonds. The number of nitrogens with one attached hydrogen (secondary N) is 3. The van der Waals surface area contributed by atoms with Gasteiger partial charge in [0.2, 0.25) is 34.1 Å². The van der Waals surface area contributed by atoms with Crippen LogP contribution in [0.1, 0.15) is 105 Å². The molecule has 3 saturated carbocycles. The largest absolute Gasteiger partial charge is 0.497 e. The van der Waals surface area contributed by atoms with E-state index >= 15 is 8.78 Å². The Morgan fingerprint density at radius 1 is 1.07 bits per heavy atom. The molecule has 2 aromatic rings. The minimum atomic E-state index is -4.32. The maximum atomic E-state index is 16.4. The van der Waals surface area contributed by atoms with Gasteiger partial charge in [-0.1, -0.05) is 34.1 Å². The van der Waals surface area contributed by atoms with Crippen LogP contribution in [0.15, 0.2) is 18.2 Å². The molecule has 2 bridgehead atoms. The van der Waals surface area contributed by atoms with E-state index in [-0.39, 0.29) is 42.6 Å². The summed E-state index contributed by atoms with van der Waals surface area (Å²) in [6.45, 7) is 9.35. The van der Waals surface area contributed by atoms with Crippen LogP contribution in [0, 0.1) is 23.2 Å². The third-order valence-corrected chi connectivity index (χ3v) is 15.5. The lowest BCUT2D eigenvalue weighted by Crippen LogP contribution is -2.61. The van der Waals surface area contributed by atoms with E-state index in [9.17, 15) is 36.4 Å². The van der Waals surface area contributed by atoms with Crippen molar-refractivity contribution in [1.29, 1.82) is 0 Å². The summed E-state index contributed by atoms with van der Waals surface area (Å²) in [6.07, 6.45) is -4.54. The topological polar surface area (TPSA) is 195 Å². The van der Waals surface area contributed by atoms with Crippen molar-refractivity contribution < 1.29 is 59.4 Å². The quantitative estimate of drug-likeness (QED) is 0.290. The van der Waals surface area contributed by atoms with Crippen molar-refractivity contribution in [2.75, 3.05) is 13.7 Å². The molecule has 61 heavy (non-hydrogen) atoms. The molecule has 4 fully saturated rings. The van der Waals surface area contributed by atoms with Gasteiger partial charge in [0.15, 0.2) is 5.69 Å². The first-order chi connectivity index (χ1) is 28.4. The van der Waals surface area contributed by atoms with Crippen LogP contribution < -0.4 is 24.8 Å². The second-order valence-electron chi connectivity index (χ2n) is 18.9. The highest BCUT2D eigenvalue weighted by Gasteiger charge is 2.68. The van der Waals surface area contributed by atoms with Gasteiger partial charge in [0.25, 0.3) is 11.8 Å². The molecule has 3 heterocycles. The Morgan fingerprint density at radius 3 is 2.38 bits per heavy atom. The third-order valence-electron chi connectivity index (χ3n) is 13.3. The third kappa shape index (κ3) is 8.41. The van der Waals surface area contributed by atoms with Crippen LogP contribution in [0.25, 0.3) is 11.0 Å². The van der Waals surface area contributed by atoms with Gasteiger partial charge in [0.1, 0.15) is 35.1 Å². The van der Waals surface area contributed by atoms with Crippen molar-refractivity contribution in [2.24, 2.45) is 23.2 Å². The van der Waals surface area contributed by atoms with Gasteiger partial charge < -0.3 is 29.7 Å². The molecule has 1 aromatic heterocycles. The number of hydrogen-bond acceptors (Lipinski definition) is 11. The van der Waals surface area contributed by atoms with Crippen molar-refractivity contribution >= 4 is 44.9 Å². The number of benzene rings is 1. The summed E-state index contributed by atoms with van der Waals surface area (Å²) in [4.78, 5) is 66.7. The van der Waals surface area contributed by atoms with Crippen molar-refractivity contribution in [3.8, 4) is 11.6 Å². The predicted octanol–water partition coefficient (Wildman–Crippen LogP) is 5.35. The molecule has 2 aliphatic heterocycles. The molecule has 1 saturated heterocycles. The average Bonchev–Trinajstić information content (AvgIpc) is 4.13. The Morgan fingerprint density at radius 2 is 1.77 bits per heavy atom. The maximum absolute atomic E-state index is 16.4. The number of ether oxygens (including phenoxy) is 3. The lowest BCUT2D eigenvalue weighted by molar-refractivity contribution is -0.144. The number of halogens is 4. The monoisotopic (exact) mass is 882 g/mol. The lowest BCUT2D eigenvalue weighted by Gasteiger charge is -2.36. The summed E-state index contributed by atoms with van der Waals surface area (Å²) in [5.74, 6) is -9.93. The van der Waals surface area contributed by atoms with E-state index in [0.29, 0.717) is 25.0 Å². The van der Waals surface area contributed by atoms with Gasteiger partial charge in [-0.3, -0.25) is 19.1 Å². The van der Waals surface area contributed by atoms with E-state index < -0.39 is 128 Å². The fraction of sp³-hybridized carbons (Fsp3) is 0.707. The summed E-state index contributed by atoms with van der Waals surface area (Å²) in [5, 5.41) is 5.09. The van der Waals surface area contributed by atoms with Gasteiger partial charge in [-0.25, -0.2) is 32.0 Å².